The van der Waals surface area contributed by atoms with Gasteiger partial charge in [-0.25, -0.2) is 10.2 Å². The largest absolute Gasteiger partial charge is 0.443 e. The van der Waals surface area contributed by atoms with E-state index in [2.05, 4.69) is 17.8 Å². The molecule has 0 atom stereocenters. The maximum atomic E-state index is 11.2. The number of hydrazine groups is 1. The van der Waals surface area contributed by atoms with Gasteiger partial charge in [-0.3, -0.25) is 5.43 Å². The lowest BCUT2D eigenvalue weighted by molar-refractivity contribution is 0.0464. The number of hydrogen-bond donors (Lipinski definition) is 2. The van der Waals surface area contributed by atoms with Gasteiger partial charge in [0.2, 0.25) is 0 Å². The minimum absolute atomic E-state index is 0.406. The number of carbonyl (C=O) groups excluding carboxylic acids is 1. The Bertz CT molecular complexity index is 205. The third kappa shape index (κ3) is 3.96. The van der Waals surface area contributed by atoms with Crippen LogP contribution in [0, 0.1) is 5.92 Å². The van der Waals surface area contributed by atoms with Crippen LogP contribution < -0.4 is 10.9 Å². The summed E-state index contributed by atoms with van der Waals surface area (Å²) in [6, 6.07) is 0.414. The SMILES string of the molecule is CC1CC(NNC(=O)OC(C)(C)C)C1. The molecule has 0 aromatic carbocycles. The van der Waals surface area contributed by atoms with Gasteiger partial charge in [0, 0.05) is 6.04 Å². The fourth-order valence-electron chi connectivity index (χ4n) is 1.48. The fraction of sp³-hybridized carbons (Fsp3) is 0.900. The summed E-state index contributed by atoms with van der Waals surface area (Å²) in [5, 5.41) is 0. The van der Waals surface area contributed by atoms with Crippen molar-refractivity contribution in [2.24, 2.45) is 5.92 Å². The number of amides is 1. The summed E-state index contributed by atoms with van der Waals surface area (Å²) in [5.74, 6) is 0.771. The van der Waals surface area contributed by atoms with E-state index in [1.165, 1.54) is 0 Å². The molecule has 0 spiro atoms. The summed E-state index contributed by atoms with van der Waals surface area (Å²) in [6.07, 6.45) is 1.84. The molecule has 2 N–H and O–H groups in total. The molecular weight excluding hydrogens is 180 g/mol. The molecule has 0 bridgehead atoms. The van der Waals surface area contributed by atoms with Gasteiger partial charge in [0.1, 0.15) is 5.60 Å². The predicted molar refractivity (Wildman–Crippen MR) is 54.7 cm³/mol. The van der Waals surface area contributed by atoms with Crippen LogP contribution in [0.5, 0.6) is 0 Å². The zero-order valence-corrected chi connectivity index (χ0v) is 9.39. The Kier molecular flexibility index (Phi) is 3.37. The second kappa shape index (κ2) is 4.17. The minimum Gasteiger partial charge on any atom is -0.443 e. The molecule has 0 saturated heterocycles. The molecule has 1 fully saturated rings. The molecule has 0 heterocycles. The van der Waals surface area contributed by atoms with Gasteiger partial charge in [-0.1, -0.05) is 6.92 Å². The lowest BCUT2D eigenvalue weighted by Gasteiger charge is -2.33. The Hall–Kier alpha value is -0.770. The van der Waals surface area contributed by atoms with Crippen molar-refractivity contribution in [3.8, 4) is 0 Å². The van der Waals surface area contributed by atoms with E-state index in [-0.39, 0.29) is 0 Å². The molecule has 1 amide bonds. The summed E-state index contributed by atoms with van der Waals surface area (Å²) in [7, 11) is 0. The quantitative estimate of drug-likeness (QED) is 0.668. The molecule has 0 radical (unpaired) electrons. The average Bonchev–Trinajstić information content (AvgIpc) is 1.92. The Morgan fingerprint density at radius 2 is 1.93 bits per heavy atom. The van der Waals surface area contributed by atoms with Crippen molar-refractivity contribution >= 4 is 6.09 Å². The smallest absolute Gasteiger partial charge is 0.422 e. The lowest BCUT2D eigenvalue weighted by Crippen LogP contribution is -2.50. The molecule has 14 heavy (non-hydrogen) atoms. The van der Waals surface area contributed by atoms with E-state index in [0.717, 1.165) is 18.8 Å². The average molecular weight is 200 g/mol. The van der Waals surface area contributed by atoms with E-state index in [9.17, 15) is 4.79 Å². The molecule has 82 valence electrons. The summed E-state index contributed by atoms with van der Waals surface area (Å²) in [5.41, 5.74) is 5.07. The van der Waals surface area contributed by atoms with Crippen LogP contribution in [0.25, 0.3) is 0 Å². The van der Waals surface area contributed by atoms with Gasteiger partial charge in [0.05, 0.1) is 0 Å². The number of ether oxygens (including phenoxy) is 1. The number of rotatable bonds is 2. The van der Waals surface area contributed by atoms with Crippen molar-refractivity contribution in [1.29, 1.82) is 0 Å². The van der Waals surface area contributed by atoms with E-state index < -0.39 is 11.7 Å². The second-order valence-electron chi connectivity index (χ2n) is 5.04. The number of hydrogen-bond acceptors (Lipinski definition) is 3. The molecule has 0 unspecified atom stereocenters. The predicted octanol–water partition coefficient (Wildman–Crippen LogP) is 1.81. The van der Waals surface area contributed by atoms with Gasteiger partial charge in [-0.2, -0.15) is 0 Å². The third-order valence-corrected chi connectivity index (χ3v) is 2.15. The van der Waals surface area contributed by atoms with Crippen LogP contribution in [-0.2, 0) is 4.74 Å². The Morgan fingerprint density at radius 3 is 2.36 bits per heavy atom. The van der Waals surface area contributed by atoms with E-state index in [1.54, 1.807) is 0 Å². The van der Waals surface area contributed by atoms with Crippen molar-refractivity contribution < 1.29 is 9.53 Å². The summed E-state index contributed by atoms with van der Waals surface area (Å²) < 4.78 is 5.07. The van der Waals surface area contributed by atoms with Crippen molar-refractivity contribution in [2.75, 3.05) is 0 Å². The summed E-state index contributed by atoms with van der Waals surface area (Å²) in [4.78, 5) is 11.2. The Labute approximate surface area is 85.4 Å². The lowest BCUT2D eigenvalue weighted by atomic mass is 9.82. The van der Waals surface area contributed by atoms with E-state index in [1.807, 2.05) is 20.8 Å². The first kappa shape index (κ1) is 11.3. The van der Waals surface area contributed by atoms with Crippen LogP contribution in [0.3, 0.4) is 0 Å². The highest BCUT2D eigenvalue weighted by atomic mass is 16.6. The fourth-order valence-corrected chi connectivity index (χ4v) is 1.48. The van der Waals surface area contributed by atoms with Crippen molar-refractivity contribution in [1.82, 2.24) is 10.9 Å². The molecule has 1 aliphatic rings. The molecule has 0 aromatic rings. The first-order valence-electron chi connectivity index (χ1n) is 5.11. The van der Waals surface area contributed by atoms with Crippen LogP contribution in [0.4, 0.5) is 4.79 Å². The molecule has 1 aliphatic carbocycles. The van der Waals surface area contributed by atoms with Crippen molar-refractivity contribution in [3.05, 3.63) is 0 Å². The molecular formula is C10H20N2O2. The zero-order chi connectivity index (χ0) is 10.8. The Morgan fingerprint density at radius 1 is 1.36 bits per heavy atom. The highest BCUT2D eigenvalue weighted by Crippen LogP contribution is 2.25. The maximum Gasteiger partial charge on any atom is 0.422 e. The number of carbonyl (C=O) groups is 1. The standard InChI is InChI=1S/C10H20N2O2/c1-7-5-8(6-7)11-12-9(13)14-10(2,3)4/h7-8,11H,5-6H2,1-4H3,(H,12,13). The van der Waals surface area contributed by atoms with Gasteiger partial charge in [-0.05, 0) is 39.5 Å². The molecule has 0 aliphatic heterocycles. The highest BCUT2D eigenvalue weighted by Gasteiger charge is 2.25. The molecule has 4 nitrogen and oxygen atoms in total. The topological polar surface area (TPSA) is 50.4 Å². The summed E-state index contributed by atoms with van der Waals surface area (Å²) >= 11 is 0. The van der Waals surface area contributed by atoms with Crippen LogP contribution in [-0.4, -0.2) is 17.7 Å². The second-order valence-corrected chi connectivity index (χ2v) is 5.04. The van der Waals surface area contributed by atoms with Crippen LogP contribution in [0.2, 0.25) is 0 Å². The normalized spacial score (nSPS) is 26.6. The molecule has 0 aromatic heterocycles. The van der Waals surface area contributed by atoms with E-state index in [4.69, 9.17) is 4.74 Å². The van der Waals surface area contributed by atoms with Gasteiger partial charge in [0.25, 0.3) is 0 Å². The van der Waals surface area contributed by atoms with E-state index >= 15 is 0 Å². The van der Waals surface area contributed by atoms with Crippen LogP contribution in [0.15, 0.2) is 0 Å². The first-order chi connectivity index (χ1) is 6.37. The van der Waals surface area contributed by atoms with E-state index in [0.29, 0.717) is 6.04 Å². The molecule has 4 heteroatoms. The maximum absolute atomic E-state index is 11.2. The third-order valence-electron chi connectivity index (χ3n) is 2.15. The minimum atomic E-state index is -0.432. The highest BCUT2D eigenvalue weighted by molar-refractivity contribution is 5.67. The Balaban J connectivity index is 2.10. The molecule has 1 saturated carbocycles. The van der Waals surface area contributed by atoms with Gasteiger partial charge in [0.15, 0.2) is 0 Å². The first-order valence-corrected chi connectivity index (χ1v) is 5.11. The van der Waals surface area contributed by atoms with Gasteiger partial charge < -0.3 is 4.74 Å². The van der Waals surface area contributed by atoms with Gasteiger partial charge in [-0.15, -0.1) is 0 Å². The monoisotopic (exact) mass is 200 g/mol. The number of nitrogens with one attached hydrogen (secondary N) is 2. The van der Waals surface area contributed by atoms with Crippen LogP contribution in [0.1, 0.15) is 40.5 Å². The van der Waals surface area contributed by atoms with Gasteiger partial charge >= 0.3 is 6.09 Å². The van der Waals surface area contributed by atoms with Crippen molar-refractivity contribution in [2.45, 2.75) is 52.2 Å². The van der Waals surface area contributed by atoms with Crippen molar-refractivity contribution in [3.63, 3.8) is 0 Å². The zero-order valence-electron chi connectivity index (χ0n) is 9.39. The summed E-state index contributed by atoms with van der Waals surface area (Å²) in [6.45, 7) is 7.74. The van der Waals surface area contributed by atoms with Crippen LogP contribution >= 0.6 is 0 Å². The molecule has 1 rings (SSSR count).